The van der Waals surface area contributed by atoms with Crippen LogP contribution in [0.5, 0.6) is 0 Å². The van der Waals surface area contributed by atoms with Crippen LogP contribution < -0.4 is 5.32 Å². The topological polar surface area (TPSA) is 69.0 Å². The molecular weight excluding hydrogens is 280 g/mol. The third-order valence-electron chi connectivity index (χ3n) is 3.86. The lowest BCUT2D eigenvalue weighted by Gasteiger charge is -2.37. The van der Waals surface area contributed by atoms with Crippen molar-refractivity contribution >= 4 is 17.1 Å². The van der Waals surface area contributed by atoms with Gasteiger partial charge in [0, 0.05) is 24.7 Å². The average molecular weight is 302 g/mol. The fourth-order valence-corrected chi connectivity index (χ4v) is 2.55. The van der Waals surface area contributed by atoms with Gasteiger partial charge in [0.2, 0.25) is 0 Å². The van der Waals surface area contributed by atoms with Gasteiger partial charge in [-0.3, -0.25) is 4.79 Å². The highest BCUT2D eigenvalue weighted by Gasteiger charge is 2.33. The summed E-state index contributed by atoms with van der Waals surface area (Å²) in [6.07, 6.45) is 3.40. The fraction of sp³-hybridized carbons (Fsp3) is 0.562. The van der Waals surface area contributed by atoms with Crippen molar-refractivity contribution in [2.45, 2.75) is 27.3 Å². The van der Waals surface area contributed by atoms with Crippen molar-refractivity contribution in [3.05, 3.63) is 24.2 Å². The summed E-state index contributed by atoms with van der Waals surface area (Å²) in [5.74, 6) is 0.411. The maximum absolute atomic E-state index is 12.2. The summed E-state index contributed by atoms with van der Waals surface area (Å²) >= 11 is 0. The highest BCUT2D eigenvalue weighted by Crippen LogP contribution is 2.25. The van der Waals surface area contributed by atoms with E-state index in [4.69, 9.17) is 4.74 Å². The number of nitrogens with one attached hydrogen (secondary N) is 1. The van der Waals surface area contributed by atoms with Gasteiger partial charge in [0.1, 0.15) is 5.52 Å². The maximum Gasteiger partial charge on any atom is 0.252 e. The Kier molecular flexibility index (Phi) is 3.87. The number of fused-ring (bicyclic) bond motifs is 1. The molecule has 2 aromatic heterocycles. The van der Waals surface area contributed by atoms with E-state index in [1.54, 1.807) is 18.6 Å². The summed E-state index contributed by atoms with van der Waals surface area (Å²) in [4.78, 5) is 21.0. The summed E-state index contributed by atoms with van der Waals surface area (Å²) in [6, 6.07) is 1.80. The first kappa shape index (κ1) is 15.0. The molecule has 1 fully saturated rings. The standard InChI is InChI=1S/C16H22N4O2/c1-11(2)6-20-10-19-13-4-12(5-17-14(13)20)15(21)18-7-16(3)8-22-9-16/h4-5,10-11H,6-9H2,1-3H3,(H,18,21). The Balaban J connectivity index is 1.72. The van der Waals surface area contributed by atoms with Crippen molar-refractivity contribution in [1.29, 1.82) is 0 Å². The number of carbonyl (C=O) groups is 1. The van der Waals surface area contributed by atoms with Crippen LogP contribution in [0.2, 0.25) is 0 Å². The zero-order chi connectivity index (χ0) is 15.7. The number of hydrogen-bond acceptors (Lipinski definition) is 4. The summed E-state index contributed by atoms with van der Waals surface area (Å²) in [6.45, 7) is 9.29. The van der Waals surface area contributed by atoms with Gasteiger partial charge in [-0.05, 0) is 12.0 Å². The van der Waals surface area contributed by atoms with E-state index < -0.39 is 0 Å². The van der Waals surface area contributed by atoms with E-state index in [2.05, 4.69) is 36.1 Å². The van der Waals surface area contributed by atoms with Gasteiger partial charge in [0.05, 0.1) is 25.1 Å². The highest BCUT2D eigenvalue weighted by atomic mass is 16.5. The molecule has 0 aliphatic carbocycles. The van der Waals surface area contributed by atoms with Crippen LogP contribution in [0.25, 0.3) is 11.2 Å². The summed E-state index contributed by atoms with van der Waals surface area (Å²) in [7, 11) is 0. The molecule has 0 spiro atoms. The molecule has 0 saturated carbocycles. The number of amides is 1. The molecule has 0 radical (unpaired) electrons. The molecule has 1 saturated heterocycles. The molecule has 0 aromatic carbocycles. The smallest absolute Gasteiger partial charge is 0.252 e. The Morgan fingerprint density at radius 1 is 1.45 bits per heavy atom. The van der Waals surface area contributed by atoms with E-state index in [9.17, 15) is 4.79 Å². The first-order valence-corrected chi connectivity index (χ1v) is 7.64. The van der Waals surface area contributed by atoms with Crippen LogP contribution in [0.1, 0.15) is 31.1 Å². The minimum Gasteiger partial charge on any atom is -0.380 e. The SMILES string of the molecule is CC(C)Cn1cnc2cc(C(=O)NCC3(C)COC3)cnc21. The van der Waals surface area contributed by atoms with Crippen LogP contribution in [0.4, 0.5) is 0 Å². The zero-order valence-corrected chi connectivity index (χ0v) is 13.3. The van der Waals surface area contributed by atoms with Gasteiger partial charge >= 0.3 is 0 Å². The van der Waals surface area contributed by atoms with Crippen molar-refractivity contribution in [3.8, 4) is 0 Å². The number of aromatic nitrogens is 3. The molecule has 6 heteroatoms. The number of hydrogen-bond donors (Lipinski definition) is 1. The molecule has 0 atom stereocenters. The molecule has 22 heavy (non-hydrogen) atoms. The van der Waals surface area contributed by atoms with Crippen molar-refractivity contribution in [3.63, 3.8) is 0 Å². The number of rotatable bonds is 5. The Labute approximate surface area is 129 Å². The van der Waals surface area contributed by atoms with Crippen molar-refractivity contribution < 1.29 is 9.53 Å². The van der Waals surface area contributed by atoms with Crippen LogP contribution in [0, 0.1) is 11.3 Å². The van der Waals surface area contributed by atoms with Gasteiger partial charge in [-0.15, -0.1) is 0 Å². The lowest BCUT2D eigenvalue weighted by atomic mass is 9.89. The Morgan fingerprint density at radius 3 is 2.86 bits per heavy atom. The lowest BCUT2D eigenvalue weighted by Crippen LogP contribution is -2.48. The van der Waals surface area contributed by atoms with Gasteiger partial charge in [-0.25, -0.2) is 9.97 Å². The van der Waals surface area contributed by atoms with Crippen LogP contribution in [-0.2, 0) is 11.3 Å². The molecular formula is C16H22N4O2. The second kappa shape index (κ2) is 5.68. The quantitative estimate of drug-likeness (QED) is 0.915. The lowest BCUT2D eigenvalue weighted by molar-refractivity contribution is -0.0978. The third kappa shape index (κ3) is 2.97. The molecule has 0 bridgehead atoms. The molecule has 118 valence electrons. The fourth-order valence-electron chi connectivity index (χ4n) is 2.55. The zero-order valence-electron chi connectivity index (χ0n) is 13.3. The maximum atomic E-state index is 12.2. The second-order valence-electron chi connectivity index (χ2n) is 6.84. The van der Waals surface area contributed by atoms with Crippen LogP contribution in [0.15, 0.2) is 18.6 Å². The first-order valence-electron chi connectivity index (χ1n) is 7.64. The molecule has 2 aromatic rings. The van der Waals surface area contributed by atoms with E-state index in [0.29, 0.717) is 31.2 Å². The third-order valence-corrected chi connectivity index (χ3v) is 3.86. The minimum absolute atomic E-state index is 0.0615. The van der Waals surface area contributed by atoms with Gasteiger partial charge in [-0.1, -0.05) is 20.8 Å². The van der Waals surface area contributed by atoms with Crippen LogP contribution in [-0.4, -0.2) is 40.2 Å². The van der Waals surface area contributed by atoms with Crippen molar-refractivity contribution in [2.24, 2.45) is 11.3 Å². The van der Waals surface area contributed by atoms with Gasteiger partial charge in [0.25, 0.3) is 5.91 Å². The number of pyridine rings is 1. The van der Waals surface area contributed by atoms with E-state index in [0.717, 1.165) is 17.7 Å². The monoisotopic (exact) mass is 302 g/mol. The Bertz CT molecular complexity index is 689. The van der Waals surface area contributed by atoms with Crippen LogP contribution in [0.3, 0.4) is 0 Å². The Hall–Kier alpha value is -1.95. The predicted molar refractivity (Wildman–Crippen MR) is 83.6 cm³/mol. The molecule has 6 nitrogen and oxygen atoms in total. The normalized spacial score (nSPS) is 16.7. The molecule has 3 heterocycles. The highest BCUT2D eigenvalue weighted by molar-refractivity contribution is 5.96. The van der Waals surface area contributed by atoms with E-state index in [1.165, 1.54) is 0 Å². The largest absolute Gasteiger partial charge is 0.380 e. The molecule has 1 aliphatic heterocycles. The van der Waals surface area contributed by atoms with E-state index in [1.807, 2.05) is 4.57 Å². The van der Waals surface area contributed by atoms with Gasteiger partial charge < -0.3 is 14.6 Å². The number of imidazole rings is 1. The van der Waals surface area contributed by atoms with Crippen molar-refractivity contribution in [1.82, 2.24) is 19.9 Å². The predicted octanol–water partition coefficient (Wildman–Crippen LogP) is 1.85. The molecule has 1 amide bonds. The first-order chi connectivity index (χ1) is 10.5. The number of nitrogens with zero attached hydrogens (tertiary/aromatic N) is 3. The summed E-state index contributed by atoms with van der Waals surface area (Å²) in [5, 5.41) is 2.95. The van der Waals surface area contributed by atoms with Crippen LogP contribution >= 0.6 is 0 Å². The molecule has 1 N–H and O–H groups in total. The number of carbonyl (C=O) groups excluding carboxylic acids is 1. The van der Waals surface area contributed by atoms with Crippen molar-refractivity contribution in [2.75, 3.05) is 19.8 Å². The van der Waals surface area contributed by atoms with Gasteiger partial charge in [-0.2, -0.15) is 0 Å². The summed E-state index contributed by atoms with van der Waals surface area (Å²) < 4.78 is 7.21. The van der Waals surface area contributed by atoms with E-state index >= 15 is 0 Å². The molecule has 1 aliphatic rings. The number of ether oxygens (including phenoxy) is 1. The average Bonchev–Trinajstić information content (AvgIpc) is 2.84. The Morgan fingerprint density at radius 2 is 2.23 bits per heavy atom. The van der Waals surface area contributed by atoms with E-state index in [-0.39, 0.29) is 11.3 Å². The molecule has 0 unspecified atom stereocenters. The molecule has 3 rings (SSSR count). The van der Waals surface area contributed by atoms with Gasteiger partial charge in [0.15, 0.2) is 5.65 Å². The summed E-state index contributed by atoms with van der Waals surface area (Å²) in [5.41, 5.74) is 2.19. The second-order valence-corrected chi connectivity index (χ2v) is 6.84. The minimum atomic E-state index is -0.110.